The average molecular weight is 273 g/mol. The topological polar surface area (TPSA) is 45.8 Å². The Kier molecular flexibility index (Phi) is 2.67. The van der Waals surface area contributed by atoms with Crippen LogP contribution in [-0.2, 0) is 10.3 Å². The lowest BCUT2D eigenvalue weighted by molar-refractivity contribution is -0.137. The van der Waals surface area contributed by atoms with Crippen molar-refractivity contribution in [2.75, 3.05) is 20.3 Å². The van der Waals surface area contributed by atoms with E-state index in [0.717, 1.165) is 29.4 Å². The summed E-state index contributed by atoms with van der Waals surface area (Å²) in [5.41, 5.74) is 1.11. The van der Waals surface area contributed by atoms with Crippen LogP contribution in [-0.4, -0.2) is 42.4 Å². The maximum absolute atomic E-state index is 11.2. The van der Waals surface area contributed by atoms with Crippen molar-refractivity contribution >= 4 is 11.0 Å². The molecule has 106 valence electrons. The van der Waals surface area contributed by atoms with Crippen LogP contribution in [0.4, 0.5) is 0 Å². The fraction of sp³-hybridized carbons (Fsp3) is 0.500. The summed E-state index contributed by atoms with van der Waals surface area (Å²) in [4.78, 5) is 2.36. The van der Waals surface area contributed by atoms with E-state index in [0.29, 0.717) is 25.3 Å². The number of likely N-dealkylation sites (N-methyl/N-ethyl adjacent to an activating group) is 1. The van der Waals surface area contributed by atoms with Crippen LogP contribution < -0.4 is 0 Å². The first kappa shape index (κ1) is 12.4. The van der Waals surface area contributed by atoms with Crippen LogP contribution in [0.25, 0.3) is 11.0 Å². The Labute approximate surface area is 117 Å². The summed E-state index contributed by atoms with van der Waals surface area (Å²) < 4.78 is 11.0. The third-order valence-corrected chi connectivity index (χ3v) is 4.91. The van der Waals surface area contributed by atoms with E-state index in [4.69, 9.17) is 9.15 Å². The number of ether oxygens (including phenoxy) is 1. The van der Waals surface area contributed by atoms with Gasteiger partial charge in [0, 0.05) is 17.5 Å². The normalized spacial score (nSPS) is 34.5. The molecule has 1 N–H and O–H groups in total. The van der Waals surface area contributed by atoms with Crippen molar-refractivity contribution in [2.45, 2.75) is 30.5 Å². The molecule has 2 aromatic rings. The molecule has 1 aromatic carbocycles. The summed E-state index contributed by atoms with van der Waals surface area (Å²) in [6, 6.07) is 8.54. The second-order valence-electron chi connectivity index (χ2n) is 6.12. The molecule has 1 aromatic heterocycles. The second kappa shape index (κ2) is 4.32. The SMILES string of the molecule is CN1C2COCC1CC(O)(c1ccc3occc3c1)C2. The summed E-state index contributed by atoms with van der Waals surface area (Å²) in [5, 5.41) is 12.2. The van der Waals surface area contributed by atoms with E-state index in [-0.39, 0.29) is 0 Å². The van der Waals surface area contributed by atoms with Gasteiger partial charge in [-0.3, -0.25) is 4.90 Å². The molecule has 0 amide bonds. The number of piperidine rings is 1. The van der Waals surface area contributed by atoms with Crippen molar-refractivity contribution < 1.29 is 14.3 Å². The van der Waals surface area contributed by atoms with Gasteiger partial charge >= 0.3 is 0 Å². The monoisotopic (exact) mass is 273 g/mol. The van der Waals surface area contributed by atoms with Gasteiger partial charge in [0.25, 0.3) is 0 Å². The van der Waals surface area contributed by atoms with E-state index in [2.05, 4.69) is 18.0 Å². The third-order valence-electron chi connectivity index (χ3n) is 4.91. The number of aliphatic hydroxyl groups is 1. The van der Waals surface area contributed by atoms with E-state index >= 15 is 0 Å². The number of furan rings is 1. The van der Waals surface area contributed by atoms with E-state index in [1.54, 1.807) is 6.26 Å². The lowest BCUT2D eigenvalue weighted by Crippen LogP contribution is -2.59. The number of hydrogen-bond donors (Lipinski definition) is 1. The van der Waals surface area contributed by atoms with E-state index in [1.165, 1.54) is 0 Å². The van der Waals surface area contributed by atoms with Gasteiger partial charge in [-0.2, -0.15) is 0 Å². The molecule has 0 radical (unpaired) electrons. The maximum Gasteiger partial charge on any atom is 0.133 e. The van der Waals surface area contributed by atoms with Crippen LogP contribution in [0.3, 0.4) is 0 Å². The highest BCUT2D eigenvalue weighted by molar-refractivity contribution is 5.78. The Morgan fingerprint density at radius 3 is 2.70 bits per heavy atom. The van der Waals surface area contributed by atoms with Crippen molar-refractivity contribution in [2.24, 2.45) is 0 Å². The number of morpholine rings is 1. The Bertz CT molecular complexity index is 621. The van der Waals surface area contributed by atoms with Gasteiger partial charge in [0.2, 0.25) is 0 Å². The fourth-order valence-corrected chi connectivity index (χ4v) is 3.63. The molecule has 2 aliphatic heterocycles. The fourth-order valence-electron chi connectivity index (χ4n) is 3.63. The van der Waals surface area contributed by atoms with Gasteiger partial charge in [0.05, 0.1) is 25.1 Å². The highest BCUT2D eigenvalue weighted by Crippen LogP contribution is 2.41. The maximum atomic E-state index is 11.2. The van der Waals surface area contributed by atoms with Crippen LogP contribution in [0.1, 0.15) is 18.4 Å². The highest BCUT2D eigenvalue weighted by Gasteiger charge is 2.45. The zero-order valence-electron chi connectivity index (χ0n) is 11.6. The molecule has 2 atom stereocenters. The molecule has 0 spiro atoms. The largest absolute Gasteiger partial charge is 0.464 e. The lowest BCUT2D eigenvalue weighted by Gasteiger charge is -2.50. The molecule has 4 nitrogen and oxygen atoms in total. The van der Waals surface area contributed by atoms with Gasteiger partial charge in [0.1, 0.15) is 5.58 Å². The van der Waals surface area contributed by atoms with Gasteiger partial charge in [-0.05, 0) is 43.7 Å². The lowest BCUT2D eigenvalue weighted by atomic mass is 9.77. The van der Waals surface area contributed by atoms with Crippen molar-refractivity contribution in [3.8, 4) is 0 Å². The average Bonchev–Trinajstić information content (AvgIpc) is 2.88. The second-order valence-corrected chi connectivity index (χ2v) is 6.12. The minimum Gasteiger partial charge on any atom is -0.464 e. The van der Waals surface area contributed by atoms with Crippen molar-refractivity contribution in [1.29, 1.82) is 0 Å². The van der Waals surface area contributed by atoms with Crippen LogP contribution in [0.2, 0.25) is 0 Å². The standard InChI is InChI=1S/C16H19NO3/c1-17-13-7-16(18,8-14(17)10-19-9-13)12-2-3-15-11(6-12)4-5-20-15/h2-6,13-14,18H,7-10H2,1H3. The molecule has 4 rings (SSSR count). The zero-order chi connectivity index (χ0) is 13.7. The smallest absolute Gasteiger partial charge is 0.133 e. The molecule has 2 unspecified atom stereocenters. The molecule has 4 heteroatoms. The Morgan fingerprint density at radius 1 is 1.20 bits per heavy atom. The molecule has 3 heterocycles. The number of rotatable bonds is 1. The summed E-state index contributed by atoms with van der Waals surface area (Å²) >= 11 is 0. The summed E-state index contributed by atoms with van der Waals surface area (Å²) in [7, 11) is 2.14. The van der Waals surface area contributed by atoms with Crippen molar-refractivity contribution in [3.63, 3.8) is 0 Å². The molecule has 2 saturated heterocycles. The van der Waals surface area contributed by atoms with Crippen LogP contribution in [0, 0.1) is 0 Å². The van der Waals surface area contributed by atoms with Crippen LogP contribution in [0.15, 0.2) is 34.9 Å². The zero-order valence-corrected chi connectivity index (χ0v) is 11.6. The predicted molar refractivity (Wildman–Crippen MR) is 75.5 cm³/mol. The number of fused-ring (bicyclic) bond motifs is 3. The van der Waals surface area contributed by atoms with Crippen molar-refractivity contribution in [3.05, 3.63) is 36.1 Å². The number of hydrogen-bond acceptors (Lipinski definition) is 4. The number of nitrogens with zero attached hydrogens (tertiary/aromatic N) is 1. The summed E-state index contributed by atoms with van der Waals surface area (Å²) in [5.74, 6) is 0. The van der Waals surface area contributed by atoms with E-state index in [9.17, 15) is 5.11 Å². The molecule has 2 fully saturated rings. The Morgan fingerprint density at radius 2 is 1.95 bits per heavy atom. The predicted octanol–water partition coefficient (Wildman–Crippen LogP) is 2.11. The van der Waals surface area contributed by atoms with Gasteiger partial charge < -0.3 is 14.3 Å². The minimum atomic E-state index is -0.753. The quantitative estimate of drug-likeness (QED) is 0.864. The van der Waals surface area contributed by atoms with Gasteiger partial charge in [-0.25, -0.2) is 0 Å². The molecular weight excluding hydrogens is 254 g/mol. The number of benzene rings is 1. The first-order chi connectivity index (χ1) is 9.66. The molecule has 2 aliphatic rings. The van der Waals surface area contributed by atoms with Gasteiger partial charge in [-0.1, -0.05) is 6.07 Å². The molecule has 0 saturated carbocycles. The molecular formula is C16H19NO3. The highest BCUT2D eigenvalue weighted by atomic mass is 16.5. The van der Waals surface area contributed by atoms with E-state index < -0.39 is 5.60 Å². The summed E-state index contributed by atoms with van der Waals surface area (Å²) in [6.45, 7) is 1.42. The summed E-state index contributed by atoms with van der Waals surface area (Å²) in [6.07, 6.45) is 3.14. The minimum absolute atomic E-state index is 0.299. The first-order valence-corrected chi connectivity index (χ1v) is 7.15. The van der Waals surface area contributed by atoms with Crippen LogP contribution in [0.5, 0.6) is 0 Å². The van der Waals surface area contributed by atoms with Gasteiger partial charge in [-0.15, -0.1) is 0 Å². The first-order valence-electron chi connectivity index (χ1n) is 7.15. The van der Waals surface area contributed by atoms with Crippen LogP contribution >= 0.6 is 0 Å². The Hall–Kier alpha value is -1.36. The van der Waals surface area contributed by atoms with Crippen molar-refractivity contribution in [1.82, 2.24) is 4.90 Å². The van der Waals surface area contributed by atoms with Gasteiger partial charge in [0.15, 0.2) is 0 Å². The third kappa shape index (κ3) is 1.79. The Balaban J connectivity index is 1.72. The van der Waals surface area contributed by atoms with E-state index in [1.807, 2.05) is 18.2 Å². The molecule has 20 heavy (non-hydrogen) atoms. The molecule has 0 aliphatic carbocycles. The molecule has 2 bridgehead atoms.